The molecule has 1 rings (SSSR count). The van der Waals surface area contributed by atoms with Gasteiger partial charge in [-0.05, 0) is 24.0 Å². The van der Waals surface area contributed by atoms with Gasteiger partial charge in [0.2, 0.25) is 5.91 Å². The number of thioether (sulfide) groups is 1. The molecule has 0 unspecified atom stereocenters. The van der Waals surface area contributed by atoms with Gasteiger partial charge in [-0.2, -0.15) is 24.9 Å². The number of alkyl halides is 3. The van der Waals surface area contributed by atoms with Crippen LogP contribution in [0.4, 0.5) is 13.2 Å². The quantitative estimate of drug-likeness (QED) is 0.610. The molecule has 6 nitrogen and oxygen atoms in total. The van der Waals surface area contributed by atoms with Crippen LogP contribution in [0.25, 0.3) is 0 Å². The number of rotatable bonds is 9. The summed E-state index contributed by atoms with van der Waals surface area (Å²) in [5.74, 6) is -3.48. The third-order valence-electron chi connectivity index (χ3n) is 3.57. The Hall–Kier alpha value is -2.23. The van der Waals surface area contributed by atoms with Crippen LogP contribution in [0.1, 0.15) is 12.0 Å². The Bertz CT molecular complexity index is 641. The molecular formula is C17H21F3N2O4S. The van der Waals surface area contributed by atoms with E-state index >= 15 is 0 Å². The maximum absolute atomic E-state index is 12.5. The lowest BCUT2D eigenvalue weighted by Crippen LogP contribution is -2.54. The van der Waals surface area contributed by atoms with E-state index in [1.165, 1.54) is 11.8 Å². The zero-order valence-electron chi connectivity index (χ0n) is 14.8. The maximum Gasteiger partial charge on any atom is 0.471 e. The van der Waals surface area contributed by atoms with Crippen molar-refractivity contribution in [3.05, 3.63) is 35.9 Å². The molecule has 2 amide bonds. The van der Waals surface area contributed by atoms with E-state index < -0.39 is 36.0 Å². The van der Waals surface area contributed by atoms with Gasteiger partial charge in [-0.1, -0.05) is 30.3 Å². The lowest BCUT2D eigenvalue weighted by Gasteiger charge is -2.22. The topological polar surface area (TPSA) is 84.5 Å². The highest BCUT2D eigenvalue weighted by Gasteiger charge is 2.41. The predicted molar refractivity (Wildman–Crippen MR) is 95.1 cm³/mol. The fourth-order valence-corrected chi connectivity index (χ4v) is 2.67. The lowest BCUT2D eigenvalue weighted by molar-refractivity contribution is -0.174. The number of halogens is 3. The molecule has 1 aromatic carbocycles. The monoisotopic (exact) mass is 406 g/mol. The van der Waals surface area contributed by atoms with Crippen LogP contribution in [0.5, 0.6) is 0 Å². The molecule has 1 aromatic rings. The van der Waals surface area contributed by atoms with E-state index in [4.69, 9.17) is 0 Å². The van der Waals surface area contributed by atoms with E-state index in [1.54, 1.807) is 41.9 Å². The van der Waals surface area contributed by atoms with Crippen molar-refractivity contribution < 1.29 is 32.3 Å². The van der Waals surface area contributed by atoms with Crippen molar-refractivity contribution in [3.8, 4) is 0 Å². The molecule has 0 spiro atoms. The molecule has 27 heavy (non-hydrogen) atoms. The first-order valence-corrected chi connectivity index (χ1v) is 9.37. The number of hydrogen-bond donors (Lipinski definition) is 2. The predicted octanol–water partition coefficient (Wildman–Crippen LogP) is 1.69. The molecule has 150 valence electrons. The summed E-state index contributed by atoms with van der Waals surface area (Å²) < 4.78 is 42.2. The van der Waals surface area contributed by atoms with Crippen LogP contribution in [-0.4, -0.2) is 55.2 Å². The summed E-state index contributed by atoms with van der Waals surface area (Å²) in [6.45, 7) is 0. The number of ether oxygens (including phenoxy) is 1. The Morgan fingerprint density at radius 3 is 2.26 bits per heavy atom. The smallest absolute Gasteiger partial charge is 0.467 e. The van der Waals surface area contributed by atoms with E-state index in [-0.39, 0.29) is 12.8 Å². The van der Waals surface area contributed by atoms with Gasteiger partial charge in [0.15, 0.2) is 0 Å². The van der Waals surface area contributed by atoms with Crippen LogP contribution in [0.3, 0.4) is 0 Å². The average molecular weight is 406 g/mol. The zero-order valence-corrected chi connectivity index (χ0v) is 15.7. The first kappa shape index (κ1) is 22.8. The third kappa shape index (κ3) is 7.90. The number of amides is 2. The van der Waals surface area contributed by atoms with Crippen LogP contribution in [0, 0.1) is 0 Å². The van der Waals surface area contributed by atoms with Gasteiger partial charge in [-0.3, -0.25) is 9.59 Å². The average Bonchev–Trinajstić information content (AvgIpc) is 2.63. The number of esters is 1. The molecule has 0 aliphatic heterocycles. The highest BCUT2D eigenvalue weighted by atomic mass is 32.2. The maximum atomic E-state index is 12.5. The second kappa shape index (κ2) is 10.8. The molecule has 0 aliphatic carbocycles. The summed E-state index contributed by atoms with van der Waals surface area (Å²) in [4.78, 5) is 35.6. The third-order valence-corrected chi connectivity index (χ3v) is 4.22. The molecule has 0 saturated carbocycles. The van der Waals surface area contributed by atoms with Gasteiger partial charge in [-0.25, -0.2) is 4.79 Å². The molecule has 0 aromatic heterocycles. The van der Waals surface area contributed by atoms with Gasteiger partial charge < -0.3 is 15.4 Å². The molecule has 0 radical (unpaired) electrons. The van der Waals surface area contributed by atoms with Gasteiger partial charge in [0.1, 0.15) is 12.1 Å². The van der Waals surface area contributed by atoms with Crippen molar-refractivity contribution in [1.29, 1.82) is 0 Å². The van der Waals surface area contributed by atoms with Crippen molar-refractivity contribution in [2.45, 2.75) is 31.1 Å². The minimum absolute atomic E-state index is 0.0198. The fourth-order valence-electron chi connectivity index (χ4n) is 2.20. The van der Waals surface area contributed by atoms with Crippen LogP contribution in [0.15, 0.2) is 30.3 Å². The van der Waals surface area contributed by atoms with Crippen molar-refractivity contribution in [1.82, 2.24) is 10.6 Å². The van der Waals surface area contributed by atoms with Crippen molar-refractivity contribution in [3.63, 3.8) is 0 Å². The van der Waals surface area contributed by atoms with Crippen LogP contribution >= 0.6 is 11.8 Å². The molecule has 10 heteroatoms. The molecule has 0 fully saturated rings. The first-order valence-electron chi connectivity index (χ1n) is 7.97. The van der Waals surface area contributed by atoms with Gasteiger partial charge >= 0.3 is 18.1 Å². The van der Waals surface area contributed by atoms with E-state index in [1.807, 2.05) is 0 Å². The van der Waals surface area contributed by atoms with Gasteiger partial charge in [-0.15, -0.1) is 0 Å². The second-order valence-electron chi connectivity index (χ2n) is 5.58. The van der Waals surface area contributed by atoms with Crippen molar-refractivity contribution in [2.75, 3.05) is 19.1 Å². The number of nitrogens with one attached hydrogen (secondary N) is 2. The number of methoxy groups -OCH3 is 1. The Morgan fingerprint density at radius 1 is 1.11 bits per heavy atom. The summed E-state index contributed by atoms with van der Waals surface area (Å²) in [5, 5.41) is 4.05. The Balaban J connectivity index is 2.89. The van der Waals surface area contributed by atoms with E-state index in [0.29, 0.717) is 5.75 Å². The van der Waals surface area contributed by atoms with Crippen LogP contribution < -0.4 is 10.6 Å². The fraction of sp³-hybridized carbons (Fsp3) is 0.471. The summed E-state index contributed by atoms with van der Waals surface area (Å²) in [5.41, 5.74) is 0.730. The first-order chi connectivity index (χ1) is 12.7. The minimum atomic E-state index is -5.11. The van der Waals surface area contributed by atoms with Crippen LogP contribution in [0.2, 0.25) is 0 Å². The SMILES string of the molecule is COC(=O)[C@H](Cc1ccccc1)NC(=O)[C@H](CCSC)NC(=O)C(F)(F)F. The highest BCUT2D eigenvalue weighted by molar-refractivity contribution is 7.98. The Kier molecular flexibility index (Phi) is 9.13. The van der Waals surface area contributed by atoms with Gasteiger partial charge in [0.05, 0.1) is 7.11 Å². The number of carbonyl (C=O) groups is 3. The Labute approximate surface area is 159 Å². The highest BCUT2D eigenvalue weighted by Crippen LogP contribution is 2.15. The van der Waals surface area contributed by atoms with Gasteiger partial charge in [0.25, 0.3) is 0 Å². The Morgan fingerprint density at radius 2 is 1.74 bits per heavy atom. The number of hydrogen-bond acceptors (Lipinski definition) is 5. The van der Waals surface area contributed by atoms with Crippen LogP contribution in [-0.2, 0) is 25.5 Å². The summed E-state index contributed by atoms with van der Waals surface area (Å²) >= 11 is 1.31. The van der Waals surface area contributed by atoms with Crippen molar-refractivity contribution >= 4 is 29.5 Å². The largest absolute Gasteiger partial charge is 0.471 e. The molecule has 2 N–H and O–H groups in total. The second-order valence-corrected chi connectivity index (χ2v) is 6.56. The molecule has 0 heterocycles. The summed E-state index contributed by atoms with van der Waals surface area (Å²) in [7, 11) is 1.14. The number of carbonyl (C=O) groups excluding carboxylic acids is 3. The number of benzene rings is 1. The summed E-state index contributed by atoms with van der Waals surface area (Å²) in [6.07, 6.45) is -3.31. The molecule has 0 aliphatic rings. The molecule has 2 atom stereocenters. The molecule has 0 saturated heterocycles. The lowest BCUT2D eigenvalue weighted by atomic mass is 10.1. The van der Waals surface area contributed by atoms with E-state index in [0.717, 1.165) is 12.7 Å². The molecular weight excluding hydrogens is 385 g/mol. The van der Waals surface area contributed by atoms with E-state index in [9.17, 15) is 27.6 Å². The minimum Gasteiger partial charge on any atom is -0.467 e. The standard InChI is InChI=1S/C17H21F3N2O4S/c1-26-15(24)13(10-11-6-4-3-5-7-11)21-14(23)12(8-9-27-2)22-16(25)17(18,19)20/h3-7,12-13H,8-10H2,1-2H3,(H,21,23)(H,22,25)/t12-,13-/m0/s1. The van der Waals surface area contributed by atoms with E-state index in [2.05, 4.69) is 10.1 Å². The summed E-state index contributed by atoms with van der Waals surface area (Å²) in [6, 6.07) is 6.23. The normalized spacial score (nSPS) is 13.4. The van der Waals surface area contributed by atoms with Crippen molar-refractivity contribution in [2.24, 2.45) is 0 Å². The molecule has 0 bridgehead atoms. The zero-order chi connectivity index (χ0) is 20.4. The van der Waals surface area contributed by atoms with Gasteiger partial charge in [0, 0.05) is 6.42 Å².